The monoisotopic (exact) mass is 280 g/mol. The van der Waals surface area contributed by atoms with Crippen molar-refractivity contribution in [2.45, 2.75) is 33.6 Å². The molecule has 0 aliphatic heterocycles. The second kappa shape index (κ2) is 7.13. The lowest BCUT2D eigenvalue weighted by Gasteiger charge is -2.22. The molecule has 1 amide bonds. The second-order valence-electron chi connectivity index (χ2n) is 4.39. The van der Waals surface area contributed by atoms with E-state index in [1.165, 1.54) is 0 Å². The lowest BCUT2D eigenvalue weighted by Crippen LogP contribution is -2.38. The maximum atomic E-state index is 12.5. The number of nitrogens with zero attached hydrogens (tertiary/aromatic N) is 3. The van der Waals surface area contributed by atoms with Gasteiger partial charge in [0.2, 0.25) is 0 Å². The average molecular weight is 280 g/mol. The van der Waals surface area contributed by atoms with Crippen molar-refractivity contribution in [1.82, 2.24) is 15.1 Å². The normalized spacial score (nSPS) is 10.3. The van der Waals surface area contributed by atoms with Crippen LogP contribution in [0.1, 0.15) is 42.0 Å². The molecule has 1 rings (SSSR count). The Morgan fingerprint density at radius 3 is 2.63 bits per heavy atom. The van der Waals surface area contributed by atoms with Gasteiger partial charge in [-0.1, -0.05) is 26.1 Å². The Morgan fingerprint density at radius 2 is 2.11 bits per heavy atom. The fourth-order valence-corrected chi connectivity index (χ4v) is 2.00. The summed E-state index contributed by atoms with van der Waals surface area (Å²) in [7, 11) is 0. The van der Waals surface area contributed by atoms with Crippen LogP contribution in [-0.4, -0.2) is 39.1 Å². The first-order valence-electron chi connectivity index (χ1n) is 6.40. The maximum Gasteiger partial charge on any atom is 0.256 e. The van der Waals surface area contributed by atoms with Crippen LogP contribution in [0, 0.1) is 6.92 Å². The summed E-state index contributed by atoms with van der Waals surface area (Å²) < 4.78 is 0. The van der Waals surface area contributed by atoms with Gasteiger partial charge >= 0.3 is 0 Å². The van der Waals surface area contributed by atoms with Gasteiger partial charge in [0.05, 0.1) is 28.5 Å². The third-order valence-corrected chi connectivity index (χ3v) is 2.81. The number of hydrogen-bond donors (Lipinski definition) is 1. The summed E-state index contributed by atoms with van der Waals surface area (Å²) in [5, 5.41) is 8.07. The highest BCUT2D eigenvalue weighted by Gasteiger charge is 2.19. The van der Waals surface area contributed by atoms with Crippen LogP contribution in [0.3, 0.4) is 0 Å². The van der Waals surface area contributed by atoms with Gasteiger partial charge in [0.25, 0.3) is 5.91 Å². The van der Waals surface area contributed by atoms with Crippen molar-refractivity contribution >= 4 is 23.1 Å². The van der Waals surface area contributed by atoms with Crippen molar-refractivity contribution in [3.8, 4) is 0 Å². The molecule has 2 N–H and O–H groups in total. The SMILES string of the molecule is CCCN(CC(N)=S)C(=O)c1cc(C)nnc1CC. The second-order valence-corrected chi connectivity index (χ2v) is 4.92. The van der Waals surface area contributed by atoms with Crippen LogP contribution in [0.4, 0.5) is 0 Å². The van der Waals surface area contributed by atoms with Crippen LogP contribution in [0.5, 0.6) is 0 Å². The van der Waals surface area contributed by atoms with Gasteiger partial charge in [-0.2, -0.15) is 10.2 Å². The van der Waals surface area contributed by atoms with E-state index in [4.69, 9.17) is 18.0 Å². The topological polar surface area (TPSA) is 72.1 Å². The highest BCUT2D eigenvalue weighted by molar-refractivity contribution is 7.80. The molecular formula is C13H20N4OS. The predicted molar refractivity (Wildman–Crippen MR) is 79.1 cm³/mol. The Hall–Kier alpha value is -1.56. The van der Waals surface area contributed by atoms with Crippen LogP contribution in [0.15, 0.2) is 6.07 Å². The number of carbonyl (C=O) groups excluding carboxylic acids is 1. The molecule has 1 aromatic heterocycles. The number of carbonyl (C=O) groups is 1. The molecule has 0 atom stereocenters. The predicted octanol–water partition coefficient (Wildman–Crippen LogP) is 1.49. The summed E-state index contributed by atoms with van der Waals surface area (Å²) in [5.41, 5.74) is 7.58. The fourth-order valence-electron chi connectivity index (χ4n) is 1.84. The molecule has 0 aromatic carbocycles. The zero-order chi connectivity index (χ0) is 14.4. The molecule has 104 valence electrons. The molecule has 0 spiro atoms. The van der Waals surface area contributed by atoms with E-state index in [9.17, 15) is 4.79 Å². The van der Waals surface area contributed by atoms with Crippen molar-refractivity contribution in [3.63, 3.8) is 0 Å². The quantitative estimate of drug-likeness (QED) is 0.799. The highest BCUT2D eigenvalue weighted by Crippen LogP contribution is 2.11. The number of thiocarbonyl (C=S) groups is 1. The first-order valence-corrected chi connectivity index (χ1v) is 6.81. The summed E-state index contributed by atoms with van der Waals surface area (Å²) in [6.07, 6.45) is 1.52. The summed E-state index contributed by atoms with van der Waals surface area (Å²) >= 11 is 4.90. The largest absolute Gasteiger partial charge is 0.392 e. The van der Waals surface area contributed by atoms with Gasteiger partial charge in [-0.05, 0) is 25.8 Å². The Morgan fingerprint density at radius 1 is 1.42 bits per heavy atom. The van der Waals surface area contributed by atoms with Gasteiger partial charge in [0.1, 0.15) is 0 Å². The van der Waals surface area contributed by atoms with Gasteiger partial charge in [-0.25, -0.2) is 0 Å². The molecule has 6 heteroatoms. The molecular weight excluding hydrogens is 260 g/mol. The number of aromatic nitrogens is 2. The standard InChI is InChI=1S/C13H20N4OS/c1-4-6-17(8-12(14)19)13(18)10-7-9(3)15-16-11(10)5-2/h7H,4-6,8H2,1-3H3,(H2,14,19). The molecule has 0 fully saturated rings. The van der Waals surface area contributed by atoms with Crippen LogP contribution in [-0.2, 0) is 6.42 Å². The number of rotatable bonds is 6. The lowest BCUT2D eigenvalue weighted by atomic mass is 10.1. The summed E-state index contributed by atoms with van der Waals surface area (Å²) in [4.78, 5) is 14.5. The Balaban J connectivity index is 3.07. The summed E-state index contributed by atoms with van der Waals surface area (Å²) in [6, 6.07) is 1.77. The van der Waals surface area contributed by atoms with Crippen LogP contribution in [0.25, 0.3) is 0 Å². The van der Waals surface area contributed by atoms with E-state index in [1.807, 2.05) is 20.8 Å². The van der Waals surface area contributed by atoms with Gasteiger partial charge in [0, 0.05) is 6.54 Å². The van der Waals surface area contributed by atoms with E-state index >= 15 is 0 Å². The molecule has 5 nitrogen and oxygen atoms in total. The molecule has 0 aliphatic carbocycles. The van der Waals surface area contributed by atoms with Gasteiger partial charge in [0.15, 0.2) is 0 Å². The van der Waals surface area contributed by atoms with Crippen molar-refractivity contribution in [3.05, 3.63) is 23.0 Å². The molecule has 0 bridgehead atoms. The molecule has 0 aliphatic rings. The third kappa shape index (κ3) is 4.24. The van der Waals surface area contributed by atoms with E-state index in [0.29, 0.717) is 35.8 Å². The molecule has 1 aromatic rings. The first-order chi connectivity index (χ1) is 8.99. The minimum Gasteiger partial charge on any atom is -0.392 e. The molecule has 1 heterocycles. The number of hydrogen-bond acceptors (Lipinski definition) is 4. The molecule has 19 heavy (non-hydrogen) atoms. The van der Waals surface area contributed by atoms with E-state index in [0.717, 1.165) is 12.1 Å². The van der Waals surface area contributed by atoms with Crippen LogP contribution in [0.2, 0.25) is 0 Å². The minimum atomic E-state index is -0.0792. The van der Waals surface area contributed by atoms with Gasteiger partial charge in [-0.3, -0.25) is 4.79 Å². The lowest BCUT2D eigenvalue weighted by molar-refractivity contribution is 0.0778. The van der Waals surface area contributed by atoms with Gasteiger partial charge in [-0.15, -0.1) is 0 Å². The Labute approximate surface area is 119 Å². The maximum absolute atomic E-state index is 12.5. The molecule has 0 saturated carbocycles. The van der Waals surface area contributed by atoms with E-state index < -0.39 is 0 Å². The van der Waals surface area contributed by atoms with Crippen molar-refractivity contribution < 1.29 is 4.79 Å². The van der Waals surface area contributed by atoms with E-state index in [-0.39, 0.29) is 5.91 Å². The minimum absolute atomic E-state index is 0.0792. The third-order valence-electron chi connectivity index (χ3n) is 2.69. The number of amides is 1. The van der Waals surface area contributed by atoms with Gasteiger partial charge < -0.3 is 10.6 Å². The van der Waals surface area contributed by atoms with Crippen molar-refractivity contribution in [2.75, 3.05) is 13.1 Å². The molecule has 0 saturated heterocycles. The van der Waals surface area contributed by atoms with Crippen molar-refractivity contribution in [2.24, 2.45) is 5.73 Å². The zero-order valence-electron chi connectivity index (χ0n) is 11.6. The Bertz CT molecular complexity index is 476. The Kier molecular flexibility index (Phi) is 5.82. The van der Waals surface area contributed by atoms with Crippen LogP contribution >= 0.6 is 12.2 Å². The molecule has 0 unspecified atom stereocenters. The van der Waals surface area contributed by atoms with E-state index in [1.54, 1.807) is 11.0 Å². The number of aryl methyl sites for hydroxylation is 2. The average Bonchev–Trinajstić information content (AvgIpc) is 2.37. The fraction of sp³-hybridized carbons (Fsp3) is 0.538. The van der Waals surface area contributed by atoms with E-state index in [2.05, 4.69) is 10.2 Å². The zero-order valence-corrected chi connectivity index (χ0v) is 12.5. The molecule has 0 radical (unpaired) electrons. The van der Waals surface area contributed by atoms with Crippen LogP contribution < -0.4 is 5.73 Å². The summed E-state index contributed by atoms with van der Waals surface area (Å²) in [6.45, 7) is 6.71. The number of nitrogens with two attached hydrogens (primary N) is 1. The van der Waals surface area contributed by atoms with Crippen molar-refractivity contribution in [1.29, 1.82) is 0 Å². The first kappa shape index (κ1) is 15.5. The smallest absolute Gasteiger partial charge is 0.256 e. The summed E-state index contributed by atoms with van der Waals surface area (Å²) in [5.74, 6) is -0.0792. The highest BCUT2D eigenvalue weighted by atomic mass is 32.1.